The third-order valence-corrected chi connectivity index (χ3v) is 4.07. The Hall–Kier alpha value is -3.14. The summed E-state index contributed by atoms with van der Waals surface area (Å²) in [5.41, 5.74) is 8.75. The van der Waals surface area contributed by atoms with Crippen LogP contribution >= 0.6 is 0 Å². The Morgan fingerprint density at radius 3 is 2.29 bits per heavy atom. The van der Waals surface area contributed by atoms with E-state index in [1.165, 1.54) is 16.3 Å². The molecule has 0 amide bonds. The lowest BCUT2D eigenvalue weighted by Crippen LogP contribution is -1.90. The fraction of sp³-hybridized carbons (Fsp3) is 0.100. The van der Waals surface area contributed by atoms with Gasteiger partial charge in [-0.15, -0.1) is 10.2 Å². The minimum atomic E-state index is 0.614. The van der Waals surface area contributed by atoms with Gasteiger partial charge in [0.05, 0.1) is 12.8 Å². The van der Waals surface area contributed by atoms with Crippen molar-refractivity contribution in [1.29, 1.82) is 0 Å². The Morgan fingerprint density at radius 1 is 0.750 bits per heavy atom. The number of aromatic nitrogens is 2. The smallest absolute Gasteiger partial charge is 0.220 e. The van der Waals surface area contributed by atoms with Gasteiger partial charge in [-0.05, 0) is 34.0 Å². The highest BCUT2D eigenvalue weighted by molar-refractivity contribution is 5.85. The highest BCUT2D eigenvalue weighted by Crippen LogP contribution is 2.21. The van der Waals surface area contributed by atoms with Gasteiger partial charge in [0, 0.05) is 5.69 Å². The van der Waals surface area contributed by atoms with E-state index in [4.69, 9.17) is 10.2 Å². The predicted molar refractivity (Wildman–Crippen MR) is 94.7 cm³/mol. The number of hydrogen-bond donors (Lipinski definition) is 1. The normalized spacial score (nSPS) is 11.0. The third kappa shape index (κ3) is 2.99. The first-order valence-corrected chi connectivity index (χ1v) is 7.90. The molecule has 0 atom stereocenters. The molecule has 118 valence electrons. The van der Waals surface area contributed by atoms with E-state index in [9.17, 15) is 0 Å². The van der Waals surface area contributed by atoms with Crippen LogP contribution in [0.1, 0.15) is 22.9 Å². The standard InChI is InChI=1S/C20H17N3O/c21-17-10-8-14(9-11-17)12-19-22-23-20(24-19)13-16-6-3-5-15-4-1-2-7-18(15)16/h1-11H,12-13,21H2. The van der Waals surface area contributed by atoms with Crippen LogP contribution in [0.3, 0.4) is 0 Å². The molecule has 0 fully saturated rings. The van der Waals surface area contributed by atoms with E-state index in [2.05, 4.69) is 40.5 Å². The number of nitrogens with zero attached hydrogens (tertiary/aromatic N) is 2. The van der Waals surface area contributed by atoms with E-state index in [0.717, 1.165) is 11.3 Å². The summed E-state index contributed by atoms with van der Waals surface area (Å²) in [7, 11) is 0. The molecule has 4 aromatic rings. The van der Waals surface area contributed by atoms with Gasteiger partial charge >= 0.3 is 0 Å². The fourth-order valence-corrected chi connectivity index (χ4v) is 2.85. The van der Waals surface area contributed by atoms with Crippen LogP contribution < -0.4 is 5.73 Å². The Labute approximate surface area is 139 Å². The van der Waals surface area contributed by atoms with E-state index >= 15 is 0 Å². The number of anilines is 1. The second kappa shape index (κ2) is 6.16. The van der Waals surface area contributed by atoms with Gasteiger partial charge < -0.3 is 10.2 Å². The monoisotopic (exact) mass is 315 g/mol. The molecule has 0 radical (unpaired) electrons. The Morgan fingerprint density at radius 2 is 1.46 bits per heavy atom. The van der Waals surface area contributed by atoms with E-state index in [-0.39, 0.29) is 0 Å². The zero-order valence-corrected chi connectivity index (χ0v) is 13.1. The van der Waals surface area contributed by atoms with Crippen molar-refractivity contribution in [1.82, 2.24) is 10.2 Å². The van der Waals surface area contributed by atoms with E-state index < -0.39 is 0 Å². The lowest BCUT2D eigenvalue weighted by molar-refractivity contribution is 0.466. The highest BCUT2D eigenvalue weighted by atomic mass is 16.4. The molecule has 4 nitrogen and oxygen atoms in total. The van der Waals surface area contributed by atoms with Crippen molar-refractivity contribution in [3.8, 4) is 0 Å². The summed E-state index contributed by atoms with van der Waals surface area (Å²) >= 11 is 0. The van der Waals surface area contributed by atoms with Gasteiger partial charge in [-0.2, -0.15) is 0 Å². The number of fused-ring (bicyclic) bond motifs is 1. The third-order valence-electron chi connectivity index (χ3n) is 4.07. The van der Waals surface area contributed by atoms with E-state index in [1.807, 2.05) is 36.4 Å². The first-order chi connectivity index (χ1) is 11.8. The van der Waals surface area contributed by atoms with Crippen LogP contribution in [0, 0.1) is 0 Å². The van der Waals surface area contributed by atoms with Gasteiger partial charge in [-0.3, -0.25) is 0 Å². The number of nitrogen functional groups attached to an aromatic ring is 1. The van der Waals surface area contributed by atoms with Gasteiger partial charge in [0.25, 0.3) is 0 Å². The average Bonchev–Trinajstić information content (AvgIpc) is 3.04. The molecule has 4 rings (SSSR count). The second-order valence-electron chi connectivity index (χ2n) is 5.82. The number of hydrogen-bond acceptors (Lipinski definition) is 4. The summed E-state index contributed by atoms with van der Waals surface area (Å²) in [6.07, 6.45) is 1.25. The van der Waals surface area contributed by atoms with Crippen LogP contribution in [0.5, 0.6) is 0 Å². The molecular formula is C20H17N3O. The van der Waals surface area contributed by atoms with Crippen LogP contribution in [0.2, 0.25) is 0 Å². The van der Waals surface area contributed by atoms with Crippen LogP contribution in [-0.4, -0.2) is 10.2 Å². The number of rotatable bonds is 4. The molecule has 0 aliphatic heterocycles. The first kappa shape index (κ1) is 14.5. The topological polar surface area (TPSA) is 64.9 Å². The first-order valence-electron chi connectivity index (χ1n) is 7.90. The molecule has 0 aliphatic rings. The van der Waals surface area contributed by atoms with Gasteiger partial charge in [-0.1, -0.05) is 54.6 Å². The number of benzene rings is 3. The molecule has 2 N–H and O–H groups in total. The highest BCUT2D eigenvalue weighted by Gasteiger charge is 2.09. The largest absolute Gasteiger partial charge is 0.425 e. The summed E-state index contributed by atoms with van der Waals surface area (Å²) < 4.78 is 5.82. The summed E-state index contributed by atoms with van der Waals surface area (Å²) in [5.74, 6) is 1.26. The zero-order chi connectivity index (χ0) is 16.4. The van der Waals surface area contributed by atoms with E-state index in [0.29, 0.717) is 24.6 Å². The molecule has 0 spiro atoms. The molecule has 0 saturated heterocycles. The zero-order valence-electron chi connectivity index (χ0n) is 13.1. The SMILES string of the molecule is Nc1ccc(Cc2nnc(Cc3cccc4ccccc34)o2)cc1. The summed E-state index contributed by atoms with van der Waals surface area (Å²) in [6.45, 7) is 0. The van der Waals surface area contributed by atoms with Crippen LogP contribution in [0.25, 0.3) is 10.8 Å². The van der Waals surface area contributed by atoms with Crippen molar-refractivity contribution < 1.29 is 4.42 Å². The van der Waals surface area contributed by atoms with Gasteiger partial charge in [0.15, 0.2) is 0 Å². The summed E-state index contributed by atoms with van der Waals surface area (Å²) in [4.78, 5) is 0. The lowest BCUT2D eigenvalue weighted by atomic mass is 10.0. The quantitative estimate of drug-likeness (QED) is 0.578. The van der Waals surface area contributed by atoms with Crippen molar-refractivity contribution in [2.75, 3.05) is 5.73 Å². The van der Waals surface area contributed by atoms with Crippen molar-refractivity contribution in [3.05, 3.63) is 89.6 Å². The maximum atomic E-state index is 5.82. The molecule has 1 aromatic heterocycles. The summed E-state index contributed by atoms with van der Waals surface area (Å²) in [5, 5.41) is 10.8. The fourth-order valence-electron chi connectivity index (χ4n) is 2.85. The molecule has 0 unspecified atom stereocenters. The second-order valence-corrected chi connectivity index (χ2v) is 5.82. The Kier molecular flexibility index (Phi) is 3.71. The summed E-state index contributed by atoms with van der Waals surface area (Å²) in [6, 6.07) is 22.3. The molecule has 4 heteroatoms. The molecule has 0 aliphatic carbocycles. The molecule has 0 saturated carbocycles. The maximum Gasteiger partial charge on any atom is 0.220 e. The van der Waals surface area contributed by atoms with Crippen molar-refractivity contribution >= 4 is 16.5 Å². The molecule has 0 bridgehead atoms. The van der Waals surface area contributed by atoms with E-state index in [1.54, 1.807) is 0 Å². The maximum absolute atomic E-state index is 5.82. The van der Waals surface area contributed by atoms with Crippen LogP contribution in [0.15, 0.2) is 71.1 Å². The van der Waals surface area contributed by atoms with Crippen LogP contribution in [0.4, 0.5) is 5.69 Å². The van der Waals surface area contributed by atoms with Gasteiger partial charge in [0.1, 0.15) is 0 Å². The van der Waals surface area contributed by atoms with Gasteiger partial charge in [0.2, 0.25) is 11.8 Å². The lowest BCUT2D eigenvalue weighted by Gasteiger charge is -2.03. The molecule has 24 heavy (non-hydrogen) atoms. The van der Waals surface area contributed by atoms with Gasteiger partial charge in [-0.25, -0.2) is 0 Å². The Bertz CT molecular complexity index is 968. The average molecular weight is 315 g/mol. The minimum Gasteiger partial charge on any atom is -0.425 e. The van der Waals surface area contributed by atoms with Crippen LogP contribution in [-0.2, 0) is 12.8 Å². The van der Waals surface area contributed by atoms with Crippen molar-refractivity contribution in [2.24, 2.45) is 0 Å². The predicted octanol–water partition coefficient (Wildman–Crippen LogP) is 3.99. The molecule has 1 heterocycles. The molecule has 3 aromatic carbocycles. The number of nitrogens with two attached hydrogens (primary N) is 1. The minimum absolute atomic E-state index is 0.614. The van der Waals surface area contributed by atoms with Crippen molar-refractivity contribution in [3.63, 3.8) is 0 Å². The molecular weight excluding hydrogens is 298 g/mol. The van der Waals surface area contributed by atoms with Crippen molar-refractivity contribution in [2.45, 2.75) is 12.8 Å². The Balaban J connectivity index is 1.55.